The lowest BCUT2D eigenvalue weighted by molar-refractivity contribution is 0.626. The van der Waals surface area contributed by atoms with Crippen molar-refractivity contribution in [2.45, 2.75) is 16.3 Å². The number of rotatable bonds is 4. The summed E-state index contributed by atoms with van der Waals surface area (Å²) in [5, 5.41) is 3.83. The minimum absolute atomic E-state index is 0.221. The lowest BCUT2D eigenvalue weighted by atomic mass is 10.2. The van der Waals surface area contributed by atoms with Gasteiger partial charge in [-0.05, 0) is 49.0 Å². The van der Waals surface area contributed by atoms with Gasteiger partial charge < -0.3 is 5.32 Å². The van der Waals surface area contributed by atoms with Gasteiger partial charge in [0.25, 0.3) is 0 Å². The molecule has 18 heavy (non-hydrogen) atoms. The molecule has 2 rings (SSSR count). The maximum absolute atomic E-state index is 12.8. The Hall–Kier alpha value is -1.03. The van der Waals surface area contributed by atoms with E-state index in [2.05, 4.69) is 5.32 Å². The van der Waals surface area contributed by atoms with E-state index in [-0.39, 0.29) is 5.82 Å². The molecule has 0 fully saturated rings. The standard InChI is InChI=1S/C14H13ClFNS/c1-17-9-10-2-3-11(15)8-14(10)18-13-6-4-12(16)5-7-13/h2-8,17H,9H2,1H3. The van der Waals surface area contributed by atoms with Crippen LogP contribution in [-0.2, 0) is 6.54 Å². The van der Waals surface area contributed by atoms with Crippen molar-refractivity contribution in [2.75, 3.05) is 7.05 Å². The molecular formula is C14H13ClFNS. The van der Waals surface area contributed by atoms with Gasteiger partial charge in [-0.3, -0.25) is 0 Å². The third kappa shape index (κ3) is 3.48. The zero-order valence-electron chi connectivity index (χ0n) is 9.91. The Kier molecular flexibility index (Phi) is 4.64. The summed E-state index contributed by atoms with van der Waals surface area (Å²) >= 11 is 7.60. The SMILES string of the molecule is CNCc1ccc(Cl)cc1Sc1ccc(F)cc1. The maximum Gasteiger partial charge on any atom is 0.123 e. The van der Waals surface area contributed by atoms with E-state index in [1.807, 2.05) is 25.2 Å². The smallest absolute Gasteiger partial charge is 0.123 e. The van der Waals surface area contributed by atoms with E-state index >= 15 is 0 Å². The highest BCUT2D eigenvalue weighted by molar-refractivity contribution is 7.99. The summed E-state index contributed by atoms with van der Waals surface area (Å²) in [4.78, 5) is 2.08. The second kappa shape index (κ2) is 6.23. The van der Waals surface area contributed by atoms with Gasteiger partial charge in [0.2, 0.25) is 0 Å². The fraction of sp³-hybridized carbons (Fsp3) is 0.143. The van der Waals surface area contributed by atoms with E-state index in [4.69, 9.17) is 11.6 Å². The molecule has 2 aromatic carbocycles. The zero-order chi connectivity index (χ0) is 13.0. The number of benzene rings is 2. The minimum Gasteiger partial charge on any atom is -0.316 e. The second-order valence-electron chi connectivity index (χ2n) is 3.84. The van der Waals surface area contributed by atoms with Gasteiger partial charge in [-0.2, -0.15) is 0 Å². The van der Waals surface area contributed by atoms with Crippen molar-refractivity contribution in [3.05, 3.63) is 58.9 Å². The van der Waals surface area contributed by atoms with Crippen LogP contribution >= 0.6 is 23.4 Å². The van der Waals surface area contributed by atoms with Gasteiger partial charge in [-0.1, -0.05) is 29.4 Å². The molecule has 1 nitrogen and oxygen atoms in total. The van der Waals surface area contributed by atoms with Crippen molar-refractivity contribution in [3.63, 3.8) is 0 Å². The van der Waals surface area contributed by atoms with Crippen LogP contribution in [0.1, 0.15) is 5.56 Å². The van der Waals surface area contributed by atoms with Crippen molar-refractivity contribution in [1.82, 2.24) is 5.32 Å². The molecule has 0 unspecified atom stereocenters. The Morgan fingerprint density at radius 2 is 1.89 bits per heavy atom. The van der Waals surface area contributed by atoms with Crippen LogP contribution in [-0.4, -0.2) is 7.05 Å². The first-order valence-electron chi connectivity index (χ1n) is 5.55. The highest BCUT2D eigenvalue weighted by Gasteiger charge is 2.05. The molecule has 2 aromatic rings. The highest BCUT2D eigenvalue weighted by atomic mass is 35.5. The molecule has 0 atom stereocenters. The van der Waals surface area contributed by atoms with Gasteiger partial charge >= 0.3 is 0 Å². The average Bonchev–Trinajstić information content (AvgIpc) is 2.36. The molecule has 1 N–H and O–H groups in total. The number of halogens is 2. The fourth-order valence-electron chi connectivity index (χ4n) is 1.59. The van der Waals surface area contributed by atoms with Crippen LogP contribution in [0.4, 0.5) is 4.39 Å². The Morgan fingerprint density at radius 3 is 2.56 bits per heavy atom. The van der Waals surface area contributed by atoms with Crippen LogP contribution in [0.15, 0.2) is 52.3 Å². The molecular weight excluding hydrogens is 269 g/mol. The first-order valence-corrected chi connectivity index (χ1v) is 6.75. The Labute approximate surface area is 115 Å². The van der Waals surface area contributed by atoms with E-state index in [0.717, 1.165) is 16.3 Å². The van der Waals surface area contributed by atoms with Gasteiger partial charge in [-0.15, -0.1) is 0 Å². The molecule has 4 heteroatoms. The Morgan fingerprint density at radius 1 is 1.17 bits per heavy atom. The average molecular weight is 282 g/mol. The monoisotopic (exact) mass is 281 g/mol. The van der Waals surface area contributed by atoms with Gasteiger partial charge in [-0.25, -0.2) is 4.39 Å². The third-order valence-electron chi connectivity index (χ3n) is 2.44. The summed E-state index contributed by atoms with van der Waals surface area (Å²) < 4.78 is 12.8. The van der Waals surface area contributed by atoms with Crippen LogP contribution in [0.25, 0.3) is 0 Å². The van der Waals surface area contributed by atoms with Crippen LogP contribution in [0.2, 0.25) is 5.02 Å². The van der Waals surface area contributed by atoms with Crippen LogP contribution < -0.4 is 5.32 Å². The summed E-state index contributed by atoms with van der Waals surface area (Å²) in [6.45, 7) is 0.778. The Balaban J connectivity index is 2.26. The van der Waals surface area contributed by atoms with Crippen LogP contribution in [0, 0.1) is 5.82 Å². The molecule has 0 spiro atoms. The normalized spacial score (nSPS) is 10.6. The molecule has 0 radical (unpaired) electrons. The van der Waals surface area contributed by atoms with Crippen molar-refractivity contribution >= 4 is 23.4 Å². The first-order chi connectivity index (χ1) is 8.69. The van der Waals surface area contributed by atoms with E-state index in [9.17, 15) is 4.39 Å². The zero-order valence-corrected chi connectivity index (χ0v) is 11.5. The van der Waals surface area contributed by atoms with Crippen LogP contribution in [0.5, 0.6) is 0 Å². The summed E-state index contributed by atoms with van der Waals surface area (Å²) in [5.74, 6) is -0.221. The number of hydrogen-bond acceptors (Lipinski definition) is 2. The summed E-state index contributed by atoms with van der Waals surface area (Å²) in [5.41, 5.74) is 1.18. The fourth-order valence-corrected chi connectivity index (χ4v) is 2.81. The lowest BCUT2D eigenvalue weighted by Gasteiger charge is -2.09. The van der Waals surface area contributed by atoms with Gasteiger partial charge in [0.15, 0.2) is 0 Å². The van der Waals surface area contributed by atoms with Gasteiger partial charge in [0.05, 0.1) is 0 Å². The molecule has 0 bridgehead atoms. The molecule has 0 aromatic heterocycles. The van der Waals surface area contributed by atoms with E-state index < -0.39 is 0 Å². The maximum atomic E-state index is 12.8. The van der Waals surface area contributed by atoms with Crippen LogP contribution in [0.3, 0.4) is 0 Å². The van der Waals surface area contributed by atoms with E-state index in [0.29, 0.717) is 5.02 Å². The van der Waals surface area contributed by atoms with Gasteiger partial charge in [0, 0.05) is 21.4 Å². The summed E-state index contributed by atoms with van der Waals surface area (Å²) in [7, 11) is 1.90. The third-order valence-corrected chi connectivity index (χ3v) is 3.78. The van der Waals surface area contributed by atoms with Crippen molar-refractivity contribution in [3.8, 4) is 0 Å². The summed E-state index contributed by atoms with van der Waals surface area (Å²) in [6, 6.07) is 12.3. The number of hydrogen-bond donors (Lipinski definition) is 1. The largest absolute Gasteiger partial charge is 0.316 e. The van der Waals surface area contributed by atoms with Crippen molar-refractivity contribution in [2.24, 2.45) is 0 Å². The predicted molar refractivity (Wildman–Crippen MR) is 74.7 cm³/mol. The minimum atomic E-state index is -0.221. The second-order valence-corrected chi connectivity index (χ2v) is 5.39. The summed E-state index contributed by atoms with van der Waals surface area (Å²) in [6.07, 6.45) is 0. The molecule has 0 saturated carbocycles. The molecule has 0 saturated heterocycles. The Bertz CT molecular complexity index is 528. The lowest BCUT2D eigenvalue weighted by Crippen LogP contribution is -2.05. The topological polar surface area (TPSA) is 12.0 Å². The highest BCUT2D eigenvalue weighted by Crippen LogP contribution is 2.32. The van der Waals surface area contributed by atoms with E-state index in [1.54, 1.807) is 23.9 Å². The number of nitrogens with one attached hydrogen (secondary N) is 1. The van der Waals surface area contributed by atoms with Gasteiger partial charge in [0.1, 0.15) is 5.82 Å². The molecule has 0 amide bonds. The van der Waals surface area contributed by atoms with Crippen molar-refractivity contribution in [1.29, 1.82) is 0 Å². The predicted octanol–water partition coefficient (Wildman–Crippen LogP) is 4.35. The molecule has 94 valence electrons. The molecule has 0 aliphatic carbocycles. The molecule has 0 heterocycles. The molecule has 0 aliphatic rings. The van der Waals surface area contributed by atoms with E-state index in [1.165, 1.54) is 17.7 Å². The first kappa shape index (κ1) is 13.4. The quantitative estimate of drug-likeness (QED) is 0.894. The van der Waals surface area contributed by atoms with Crippen molar-refractivity contribution < 1.29 is 4.39 Å². The molecule has 0 aliphatic heterocycles.